The summed E-state index contributed by atoms with van der Waals surface area (Å²) < 4.78 is 0.751. The van der Waals surface area contributed by atoms with Crippen LogP contribution < -0.4 is 0 Å². The molecule has 0 saturated carbocycles. The van der Waals surface area contributed by atoms with Gasteiger partial charge in [0.25, 0.3) is 0 Å². The monoisotopic (exact) mass is 194 g/mol. The van der Waals surface area contributed by atoms with E-state index in [1.165, 1.54) is 6.42 Å². The van der Waals surface area contributed by atoms with Crippen LogP contribution in [-0.4, -0.2) is 10.8 Å². The number of allylic oxidation sites excluding steroid dienone is 1. The Bertz CT molecular complexity index is 86.9. The van der Waals surface area contributed by atoms with Crippen molar-refractivity contribution < 1.29 is 0 Å². The topological polar surface area (TPSA) is 0 Å². The van der Waals surface area contributed by atoms with E-state index in [1.807, 2.05) is 40.3 Å². The lowest BCUT2D eigenvalue weighted by molar-refractivity contribution is 1.06. The van der Waals surface area contributed by atoms with Crippen LogP contribution >= 0.6 is 33.3 Å². The molecule has 0 unspecified atom stereocenters. The lowest BCUT2D eigenvalue weighted by Crippen LogP contribution is -1.88. The van der Waals surface area contributed by atoms with E-state index >= 15 is 0 Å². The van der Waals surface area contributed by atoms with Crippen molar-refractivity contribution in [3.05, 3.63) is 11.5 Å². The van der Waals surface area contributed by atoms with Gasteiger partial charge in [-0.25, -0.2) is 0 Å². The van der Waals surface area contributed by atoms with Gasteiger partial charge < -0.3 is 0 Å². The Morgan fingerprint density at radius 1 is 1.50 bits per heavy atom. The molecule has 0 aromatic rings. The van der Waals surface area contributed by atoms with Crippen LogP contribution in [0, 0.1) is 0 Å². The first-order valence-corrected chi connectivity index (χ1v) is 6.87. The Morgan fingerprint density at radius 3 is 2.60 bits per heavy atom. The molecule has 0 saturated heterocycles. The first kappa shape index (κ1) is 10.8. The third kappa shape index (κ3) is 5.57. The van der Waals surface area contributed by atoms with Crippen LogP contribution in [0.25, 0.3) is 0 Å². The molecule has 0 aliphatic rings. The van der Waals surface area contributed by atoms with Gasteiger partial charge in [0.1, 0.15) is 0 Å². The van der Waals surface area contributed by atoms with Crippen molar-refractivity contribution in [2.24, 2.45) is 0 Å². The van der Waals surface area contributed by atoms with Crippen LogP contribution in [-0.2, 0) is 0 Å². The maximum atomic E-state index is 2.23. The Labute approximate surface area is 76.0 Å². The molecule has 1 atom stereocenters. The Morgan fingerprint density at radius 2 is 2.20 bits per heavy atom. The smallest absolute Gasteiger partial charge is 0.0603 e. The van der Waals surface area contributed by atoms with Crippen LogP contribution in [0.5, 0.6) is 0 Å². The van der Waals surface area contributed by atoms with E-state index in [0.717, 1.165) is 4.58 Å². The van der Waals surface area contributed by atoms with Crippen LogP contribution in [0.3, 0.4) is 0 Å². The number of hydrogen-bond acceptors (Lipinski definition) is 3. The molecule has 0 aromatic carbocycles. The van der Waals surface area contributed by atoms with E-state index in [2.05, 4.69) is 24.7 Å². The Kier molecular flexibility index (Phi) is 8.52. The van der Waals surface area contributed by atoms with Gasteiger partial charge in [0.2, 0.25) is 0 Å². The molecule has 0 nitrogen and oxygen atoms in total. The molecular formula is C7H14S3. The normalized spacial score (nSPS) is 14.3. The standard InChI is InChI=1S/C7H14S3/c1-4-6-9-10-7(5-2)8-3/h4,6-7H,5H2,1-3H3/b6-4+/t7-/m0/s1. The molecular weight excluding hydrogens is 180 g/mol. The summed E-state index contributed by atoms with van der Waals surface area (Å²) in [5, 5.41) is 2.13. The third-order valence-electron chi connectivity index (χ3n) is 0.951. The molecule has 0 aliphatic heterocycles. The second-order valence-corrected chi connectivity index (χ2v) is 5.46. The molecule has 0 amide bonds. The van der Waals surface area contributed by atoms with Gasteiger partial charge in [-0.05, 0) is 25.0 Å². The van der Waals surface area contributed by atoms with Gasteiger partial charge in [-0.2, -0.15) is 11.8 Å². The molecule has 0 fully saturated rings. The first-order chi connectivity index (χ1) is 4.85. The zero-order valence-corrected chi connectivity index (χ0v) is 9.11. The van der Waals surface area contributed by atoms with Gasteiger partial charge in [-0.3, -0.25) is 0 Å². The first-order valence-electron chi connectivity index (χ1n) is 3.31. The van der Waals surface area contributed by atoms with Crippen molar-refractivity contribution in [3.63, 3.8) is 0 Å². The van der Waals surface area contributed by atoms with Gasteiger partial charge in [0.05, 0.1) is 4.58 Å². The minimum Gasteiger partial charge on any atom is -0.150 e. The molecule has 0 aliphatic carbocycles. The molecule has 0 aromatic heterocycles. The third-order valence-corrected chi connectivity index (χ3v) is 5.45. The minimum absolute atomic E-state index is 0.751. The van der Waals surface area contributed by atoms with Crippen molar-refractivity contribution in [3.8, 4) is 0 Å². The highest BCUT2D eigenvalue weighted by Crippen LogP contribution is 2.34. The Balaban J connectivity index is 3.25. The molecule has 0 heterocycles. The molecule has 60 valence electrons. The largest absolute Gasteiger partial charge is 0.150 e. The summed E-state index contributed by atoms with van der Waals surface area (Å²) in [5.41, 5.74) is 0. The van der Waals surface area contributed by atoms with Crippen molar-refractivity contribution >= 4 is 33.3 Å². The predicted octanol–water partition coefficient (Wildman–Crippen LogP) is 4.00. The zero-order valence-electron chi connectivity index (χ0n) is 6.66. The van der Waals surface area contributed by atoms with Crippen LogP contribution in [0.1, 0.15) is 20.3 Å². The number of rotatable bonds is 5. The second-order valence-electron chi connectivity index (χ2n) is 1.74. The molecule has 0 bridgehead atoms. The molecule has 0 rings (SSSR count). The van der Waals surface area contributed by atoms with E-state index in [-0.39, 0.29) is 0 Å². The zero-order chi connectivity index (χ0) is 7.82. The fourth-order valence-corrected chi connectivity index (χ4v) is 3.93. The highest BCUT2D eigenvalue weighted by Gasteiger charge is 2.01. The second kappa shape index (κ2) is 7.89. The van der Waals surface area contributed by atoms with Crippen LogP contribution in [0.15, 0.2) is 11.5 Å². The van der Waals surface area contributed by atoms with E-state index in [0.29, 0.717) is 0 Å². The predicted molar refractivity (Wildman–Crippen MR) is 57.6 cm³/mol. The van der Waals surface area contributed by atoms with Gasteiger partial charge in [0.15, 0.2) is 0 Å². The summed E-state index contributed by atoms with van der Waals surface area (Å²) in [7, 11) is 3.76. The number of hydrogen-bond donors (Lipinski definition) is 0. The fraction of sp³-hybridized carbons (Fsp3) is 0.714. The highest BCUT2D eigenvalue weighted by molar-refractivity contribution is 8.79. The summed E-state index contributed by atoms with van der Waals surface area (Å²) in [6.45, 7) is 4.28. The average molecular weight is 194 g/mol. The lowest BCUT2D eigenvalue weighted by atomic mass is 10.6. The van der Waals surface area contributed by atoms with Crippen molar-refractivity contribution in [2.75, 3.05) is 6.26 Å². The van der Waals surface area contributed by atoms with Gasteiger partial charge in [-0.1, -0.05) is 34.6 Å². The van der Waals surface area contributed by atoms with Crippen molar-refractivity contribution in [2.45, 2.75) is 24.9 Å². The maximum absolute atomic E-state index is 2.23. The Hall–Kier alpha value is 0.790. The summed E-state index contributed by atoms with van der Waals surface area (Å²) >= 11 is 1.93. The SMILES string of the molecule is C/C=C/SS[C@@H](CC)SC. The molecule has 3 heteroatoms. The maximum Gasteiger partial charge on any atom is 0.0603 e. The molecule has 0 spiro atoms. The average Bonchev–Trinajstić information content (AvgIpc) is 1.99. The highest BCUT2D eigenvalue weighted by atomic mass is 33.1. The number of thioether (sulfide) groups is 1. The van der Waals surface area contributed by atoms with Gasteiger partial charge in [-0.15, -0.1) is 0 Å². The van der Waals surface area contributed by atoms with E-state index in [4.69, 9.17) is 0 Å². The van der Waals surface area contributed by atoms with Gasteiger partial charge in [0, 0.05) is 0 Å². The van der Waals surface area contributed by atoms with Crippen LogP contribution in [0.4, 0.5) is 0 Å². The lowest BCUT2D eigenvalue weighted by Gasteiger charge is -2.07. The summed E-state index contributed by atoms with van der Waals surface area (Å²) in [6, 6.07) is 0. The summed E-state index contributed by atoms with van der Waals surface area (Å²) in [5.74, 6) is 0. The summed E-state index contributed by atoms with van der Waals surface area (Å²) in [6.07, 6.45) is 5.48. The summed E-state index contributed by atoms with van der Waals surface area (Å²) in [4.78, 5) is 0. The van der Waals surface area contributed by atoms with E-state index in [9.17, 15) is 0 Å². The van der Waals surface area contributed by atoms with E-state index in [1.54, 1.807) is 0 Å². The molecule has 0 N–H and O–H groups in total. The quantitative estimate of drug-likeness (QED) is 0.479. The van der Waals surface area contributed by atoms with Gasteiger partial charge >= 0.3 is 0 Å². The van der Waals surface area contributed by atoms with E-state index < -0.39 is 0 Å². The minimum atomic E-state index is 0.751. The van der Waals surface area contributed by atoms with Crippen molar-refractivity contribution in [1.82, 2.24) is 0 Å². The van der Waals surface area contributed by atoms with Crippen molar-refractivity contribution in [1.29, 1.82) is 0 Å². The fourth-order valence-electron chi connectivity index (χ4n) is 0.424. The molecule has 0 radical (unpaired) electrons. The van der Waals surface area contributed by atoms with Crippen LogP contribution in [0.2, 0.25) is 0 Å². The molecule has 10 heavy (non-hydrogen) atoms.